The maximum Gasteiger partial charge on any atom is 0.0935 e. The van der Waals surface area contributed by atoms with E-state index in [9.17, 15) is 0 Å². The van der Waals surface area contributed by atoms with Gasteiger partial charge in [-0.1, -0.05) is 31.4 Å². The molecule has 0 N–H and O–H groups in total. The number of azo groups is 1. The van der Waals surface area contributed by atoms with Gasteiger partial charge in [0, 0.05) is 25.3 Å². The molecule has 0 atom stereocenters. The van der Waals surface area contributed by atoms with Gasteiger partial charge in [0.1, 0.15) is 0 Å². The summed E-state index contributed by atoms with van der Waals surface area (Å²) in [4.78, 5) is 2.05. The molecule has 3 heteroatoms. The van der Waals surface area contributed by atoms with Gasteiger partial charge in [-0.05, 0) is 48.4 Å². The van der Waals surface area contributed by atoms with Gasteiger partial charge in [-0.15, -0.1) is 5.11 Å². The third-order valence-corrected chi connectivity index (χ3v) is 3.53. The van der Waals surface area contributed by atoms with Crippen LogP contribution in [0.5, 0.6) is 0 Å². The van der Waals surface area contributed by atoms with Crippen molar-refractivity contribution in [2.75, 3.05) is 19.0 Å². The number of benzene rings is 2. The van der Waals surface area contributed by atoms with Crippen LogP contribution in [0.4, 0.5) is 17.1 Å². The van der Waals surface area contributed by atoms with Crippen LogP contribution in [0.25, 0.3) is 12.2 Å². The summed E-state index contributed by atoms with van der Waals surface area (Å²) in [5, 5.41) is 8.68. The van der Waals surface area contributed by atoms with Crippen molar-refractivity contribution < 1.29 is 0 Å². The smallest absolute Gasteiger partial charge is 0.0935 e. The highest BCUT2D eigenvalue weighted by Gasteiger charge is 2.05. The molecular weight excluding hydrogens is 270 g/mol. The lowest BCUT2D eigenvalue weighted by Crippen LogP contribution is -2.07. The fraction of sp³-hybridized carbons (Fsp3) is 0.158. The van der Waals surface area contributed by atoms with E-state index in [1.807, 2.05) is 68.4 Å². The van der Waals surface area contributed by atoms with Crippen LogP contribution >= 0.6 is 0 Å². The van der Waals surface area contributed by atoms with Crippen LogP contribution in [-0.2, 0) is 0 Å². The fourth-order valence-corrected chi connectivity index (χ4v) is 2.24. The van der Waals surface area contributed by atoms with Gasteiger partial charge >= 0.3 is 0 Å². The maximum absolute atomic E-state index is 4.36. The van der Waals surface area contributed by atoms with E-state index >= 15 is 0 Å². The summed E-state index contributed by atoms with van der Waals surface area (Å²) < 4.78 is 0. The molecule has 22 heavy (non-hydrogen) atoms. The number of anilines is 1. The van der Waals surface area contributed by atoms with Crippen LogP contribution in [0.1, 0.15) is 16.7 Å². The average Bonchev–Trinajstić information content (AvgIpc) is 2.53. The molecule has 2 aromatic rings. The highest BCUT2D eigenvalue weighted by atomic mass is 15.1. The van der Waals surface area contributed by atoms with Crippen molar-refractivity contribution in [2.24, 2.45) is 10.2 Å². The molecule has 0 aliphatic carbocycles. The zero-order chi connectivity index (χ0) is 16.1. The highest BCUT2D eigenvalue weighted by Crippen LogP contribution is 2.29. The van der Waals surface area contributed by atoms with E-state index in [0.717, 1.165) is 33.8 Å². The molecular formula is C19H21N3. The van der Waals surface area contributed by atoms with E-state index in [1.54, 1.807) is 6.08 Å². The second kappa shape index (κ2) is 6.85. The molecule has 0 aliphatic heterocycles. The minimum Gasteiger partial charge on any atom is -0.378 e. The van der Waals surface area contributed by atoms with Crippen molar-refractivity contribution in [3.05, 3.63) is 66.2 Å². The van der Waals surface area contributed by atoms with Gasteiger partial charge in [0.05, 0.1) is 11.4 Å². The van der Waals surface area contributed by atoms with E-state index in [1.165, 1.54) is 0 Å². The van der Waals surface area contributed by atoms with Crippen LogP contribution in [0, 0.1) is 6.92 Å². The molecule has 112 valence electrons. The molecule has 0 spiro atoms. The summed E-state index contributed by atoms with van der Waals surface area (Å²) in [6, 6.07) is 11.9. The number of aryl methyl sites for hydroxylation is 1. The molecule has 0 heterocycles. The molecule has 0 bridgehead atoms. The van der Waals surface area contributed by atoms with Gasteiger partial charge in [0.25, 0.3) is 0 Å². The van der Waals surface area contributed by atoms with E-state index in [4.69, 9.17) is 0 Å². The fourth-order valence-electron chi connectivity index (χ4n) is 2.24. The summed E-state index contributed by atoms with van der Waals surface area (Å²) in [5.74, 6) is 0. The lowest BCUT2D eigenvalue weighted by atomic mass is 10.0. The maximum atomic E-state index is 4.36. The summed E-state index contributed by atoms with van der Waals surface area (Å²) >= 11 is 0. The van der Waals surface area contributed by atoms with Crippen molar-refractivity contribution in [2.45, 2.75) is 6.92 Å². The zero-order valence-electron chi connectivity index (χ0n) is 13.4. The Labute approximate surface area is 132 Å². The van der Waals surface area contributed by atoms with Crippen LogP contribution in [0.3, 0.4) is 0 Å². The first kappa shape index (κ1) is 15.7. The van der Waals surface area contributed by atoms with Gasteiger partial charge in [-0.3, -0.25) is 0 Å². The average molecular weight is 291 g/mol. The molecule has 2 rings (SSSR count). The largest absolute Gasteiger partial charge is 0.378 e. The first-order valence-electron chi connectivity index (χ1n) is 7.14. The van der Waals surface area contributed by atoms with Crippen LogP contribution in [0.15, 0.2) is 59.8 Å². The third kappa shape index (κ3) is 3.31. The molecule has 0 amide bonds. The Kier molecular flexibility index (Phi) is 4.89. The van der Waals surface area contributed by atoms with Gasteiger partial charge in [0.15, 0.2) is 0 Å². The third-order valence-electron chi connectivity index (χ3n) is 3.53. The Morgan fingerprint density at radius 1 is 0.864 bits per heavy atom. The Morgan fingerprint density at radius 3 is 2.05 bits per heavy atom. The zero-order valence-corrected chi connectivity index (χ0v) is 13.4. The Balaban J connectivity index is 2.34. The quantitative estimate of drug-likeness (QED) is 0.643. The van der Waals surface area contributed by atoms with Crippen molar-refractivity contribution in [3.8, 4) is 0 Å². The number of rotatable bonds is 5. The van der Waals surface area contributed by atoms with Crippen molar-refractivity contribution in [1.82, 2.24) is 0 Å². The van der Waals surface area contributed by atoms with Crippen LogP contribution < -0.4 is 4.90 Å². The predicted octanol–water partition coefficient (Wildman–Crippen LogP) is 5.76. The highest BCUT2D eigenvalue weighted by molar-refractivity contribution is 5.75. The van der Waals surface area contributed by atoms with E-state index in [2.05, 4.69) is 23.4 Å². The summed E-state index contributed by atoms with van der Waals surface area (Å²) in [7, 11) is 4.02. The van der Waals surface area contributed by atoms with E-state index < -0.39 is 0 Å². The Morgan fingerprint density at radius 2 is 1.50 bits per heavy atom. The molecule has 0 fully saturated rings. The van der Waals surface area contributed by atoms with Crippen LogP contribution in [-0.4, -0.2) is 14.1 Å². The molecule has 0 aromatic heterocycles. The Hall–Kier alpha value is -2.68. The van der Waals surface area contributed by atoms with E-state index in [-0.39, 0.29) is 0 Å². The lowest BCUT2D eigenvalue weighted by molar-refractivity contribution is 1.13. The second-order valence-electron chi connectivity index (χ2n) is 5.25. The molecule has 2 aromatic carbocycles. The first-order chi connectivity index (χ1) is 10.6. The van der Waals surface area contributed by atoms with Crippen molar-refractivity contribution >= 4 is 29.2 Å². The standard InChI is InChI=1S/C19H21N3/c1-6-17-14(3)8-13-19(18(17)7-2)21-20-15-9-11-16(12-10-15)22(4)5/h6-13H,1-2H2,3-5H3. The summed E-state index contributed by atoms with van der Waals surface area (Å²) in [5.41, 5.74) is 5.92. The van der Waals surface area contributed by atoms with Gasteiger partial charge in [-0.25, -0.2) is 0 Å². The topological polar surface area (TPSA) is 28.0 Å². The van der Waals surface area contributed by atoms with Crippen LogP contribution in [0.2, 0.25) is 0 Å². The molecule has 0 saturated carbocycles. The molecule has 0 radical (unpaired) electrons. The monoisotopic (exact) mass is 291 g/mol. The molecule has 0 saturated heterocycles. The molecule has 0 aliphatic rings. The normalized spacial score (nSPS) is 10.7. The molecule has 0 unspecified atom stereocenters. The minimum absolute atomic E-state index is 0.798. The first-order valence-corrected chi connectivity index (χ1v) is 7.14. The predicted molar refractivity (Wildman–Crippen MR) is 96.3 cm³/mol. The van der Waals surface area contributed by atoms with Gasteiger partial charge in [-0.2, -0.15) is 5.11 Å². The lowest BCUT2D eigenvalue weighted by Gasteiger charge is -2.11. The van der Waals surface area contributed by atoms with Gasteiger partial charge in [0.2, 0.25) is 0 Å². The minimum atomic E-state index is 0.798. The summed E-state index contributed by atoms with van der Waals surface area (Å²) in [6.07, 6.45) is 3.63. The number of nitrogens with zero attached hydrogens (tertiary/aromatic N) is 3. The van der Waals surface area contributed by atoms with Crippen molar-refractivity contribution in [1.29, 1.82) is 0 Å². The Bertz CT molecular complexity index is 710. The summed E-state index contributed by atoms with van der Waals surface area (Å²) in [6.45, 7) is 9.78. The van der Waals surface area contributed by atoms with Crippen molar-refractivity contribution in [3.63, 3.8) is 0 Å². The molecule has 3 nitrogen and oxygen atoms in total. The second-order valence-corrected chi connectivity index (χ2v) is 5.25. The number of hydrogen-bond acceptors (Lipinski definition) is 3. The number of hydrogen-bond donors (Lipinski definition) is 0. The van der Waals surface area contributed by atoms with E-state index in [0.29, 0.717) is 0 Å². The SMILES string of the molecule is C=Cc1c(C)ccc(N=Nc2ccc(N(C)C)cc2)c1C=C. The van der Waals surface area contributed by atoms with Gasteiger partial charge < -0.3 is 4.90 Å².